The summed E-state index contributed by atoms with van der Waals surface area (Å²) in [6.45, 7) is 6.46. The fourth-order valence-electron chi connectivity index (χ4n) is 2.74. The fraction of sp³-hybridized carbons (Fsp3) is 0.556. The number of carbonyl (C=O) groups excluding carboxylic acids is 1. The summed E-state index contributed by atoms with van der Waals surface area (Å²) >= 11 is 0. The highest BCUT2D eigenvalue weighted by Crippen LogP contribution is 2.14. The Labute approximate surface area is 162 Å². The Morgan fingerprint density at radius 3 is 2.79 bits per heavy atom. The number of aliphatic imine (C=N–C) groups is 1. The Hall–Kier alpha value is -1.31. The Kier molecular flexibility index (Phi) is 9.10. The number of likely N-dealkylation sites (tertiary alicyclic amines) is 1. The van der Waals surface area contributed by atoms with Crippen LogP contribution in [0.15, 0.2) is 23.2 Å². The minimum absolute atomic E-state index is 0. The van der Waals surface area contributed by atoms with E-state index in [9.17, 15) is 4.79 Å². The molecule has 0 bridgehead atoms. The topological polar surface area (TPSA) is 70.7 Å². The molecule has 1 aromatic carbocycles. The summed E-state index contributed by atoms with van der Waals surface area (Å²) in [6.07, 6.45) is 4.85. The van der Waals surface area contributed by atoms with E-state index in [1.54, 1.807) is 0 Å². The Balaban J connectivity index is 0.00000288. The van der Waals surface area contributed by atoms with Crippen LogP contribution in [0.25, 0.3) is 0 Å². The van der Waals surface area contributed by atoms with E-state index >= 15 is 0 Å². The van der Waals surface area contributed by atoms with Crippen molar-refractivity contribution in [1.82, 2.24) is 4.90 Å². The van der Waals surface area contributed by atoms with Crippen LogP contribution in [0.1, 0.15) is 43.2 Å². The highest BCUT2D eigenvalue weighted by molar-refractivity contribution is 14.0. The number of anilines is 1. The summed E-state index contributed by atoms with van der Waals surface area (Å²) in [5.41, 5.74) is 9.36. The summed E-state index contributed by atoms with van der Waals surface area (Å²) in [7, 11) is 0. The number of hydrogen-bond donors (Lipinski definition) is 2. The zero-order chi connectivity index (χ0) is 16.7. The molecule has 5 nitrogen and oxygen atoms in total. The average molecular weight is 444 g/mol. The number of halogens is 1. The molecule has 134 valence electrons. The van der Waals surface area contributed by atoms with E-state index in [2.05, 4.69) is 36.3 Å². The number of hydrogen-bond acceptors (Lipinski definition) is 2. The largest absolute Gasteiger partial charge is 0.370 e. The van der Waals surface area contributed by atoms with Crippen LogP contribution in [0, 0.1) is 13.8 Å². The van der Waals surface area contributed by atoms with E-state index in [0.29, 0.717) is 18.9 Å². The molecule has 1 fully saturated rings. The van der Waals surface area contributed by atoms with Gasteiger partial charge in [0.2, 0.25) is 5.91 Å². The molecule has 1 aliphatic rings. The maximum absolute atomic E-state index is 11.9. The highest BCUT2D eigenvalue weighted by atomic mass is 127. The molecule has 0 aromatic heterocycles. The number of carbonyl (C=O) groups is 1. The van der Waals surface area contributed by atoms with Crippen LogP contribution in [-0.4, -0.2) is 36.4 Å². The molecule has 0 spiro atoms. The Morgan fingerprint density at radius 1 is 1.25 bits per heavy atom. The standard InChI is InChI=1S/C18H28N4O.HI/c1-14-8-9-16(13-15(14)2)21-18(19)20-10-6-12-22-11-5-3-4-7-17(22)23;/h8-9,13H,3-7,10-12H2,1-2H3,(H3,19,20,21);1H. The van der Waals surface area contributed by atoms with Gasteiger partial charge in [-0.15, -0.1) is 24.0 Å². The van der Waals surface area contributed by atoms with Crippen LogP contribution < -0.4 is 11.1 Å². The van der Waals surface area contributed by atoms with Gasteiger partial charge in [0.1, 0.15) is 0 Å². The molecule has 0 atom stereocenters. The molecule has 3 N–H and O–H groups in total. The van der Waals surface area contributed by atoms with Crippen LogP contribution in [-0.2, 0) is 4.79 Å². The van der Waals surface area contributed by atoms with Crippen LogP contribution in [0.5, 0.6) is 0 Å². The smallest absolute Gasteiger partial charge is 0.222 e. The SMILES string of the molecule is Cc1ccc(NC(N)=NCCCN2CCCCCC2=O)cc1C.I. The van der Waals surface area contributed by atoms with Gasteiger partial charge >= 0.3 is 0 Å². The van der Waals surface area contributed by atoms with Crippen molar-refractivity contribution < 1.29 is 4.79 Å². The quantitative estimate of drug-likeness (QED) is 0.316. The average Bonchev–Trinajstić information content (AvgIpc) is 2.72. The third kappa shape index (κ3) is 6.67. The Morgan fingerprint density at radius 2 is 2.04 bits per heavy atom. The fourth-order valence-corrected chi connectivity index (χ4v) is 2.74. The number of nitrogens with zero attached hydrogens (tertiary/aromatic N) is 2. The molecule has 1 saturated heterocycles. The minimum Gasteiger partial charge on any atom is -0.370 e. The monoisotopic (exact) mass is 444 g/mol. The van der Waals surface area contributed by atoms with Crippen molar-refractivity contribution in [2.75, 3.05) is 25.0 Å². The molecule has 6 heteroatoms. The van der Waals surface area contributed by atoms with Crippen molar-refractivity contribution in [2.24, 2.45) is 10.7 Å². The summed E-state index contributed by atoms with van der Waals surface area (Å²) < 4.78 is 0. The minimum atomic E-state index is 0. The van der Waals surface area contributed by atoms with Gasteiger partial charge in [-0.05, 0) is 56.4 Å². The molecule has 0 radical (unpaired) electrons. The van der Waals surface area contributed by atoms with Gasteiger partial charge in [0.05, 0.1) is 0 Å². The van der Waals surface area contributed by atoms with Crippen molar-refractivity contribution in [3.63, 3.8) is 0 Å². The zero-order valence-electron chi connectivity index (χ0n) is 14.7. The first-order valence-corrected chi connectivity index (χ1v) is 8.48. The maximum Gasteiger partial charge on any atom is 0.222 e. The van der Waals surface area contributed by atoms with Crippen molar-refractivity contribution in [1.29, 1.82) is 0 Å². The van der Waals surface area contributed by atoms with Crippen LogP contribution in [0.2, 0.25) is 0 Å². The van der Waals surface area contributed by atoms with E-state index in [0.717, 1.165) is 44.5 Å². The molecule has 24 heavy (non-hydrogen) atoms. The van der Waals surface area contributed by atoms with E-state index in [1.807, 2.05) is 11.0 Å². The second kappa shape index (κ2) is 10.5. The second-order valence-electron chi connectivity index (χ2n) is 6.24. The lowest BCUT2D eigenvalue weighted by atomic mass is 10.1. The van der Waals surface area contributed by atoms with Gasteiger partial charge in [-0.25, -0.2) is 0 Å². The predicted octanol–water partition coefficient (Wildman–Crippen LogP) is 3.44. The number of aryl methyl sites for hydroxylation is 2. The van der Waals surface area contributed by atoms with Crippen LogP contribution >= 0.6 is 24.0 Å². The van der Waals surface area contributed by atoms with Crippen molar-refractivity contribution in [3.8, 4) is 0 Å². The molecule has 1 aromatic rings. The number of amides is 1. The summed E-state index contributed by atoms with van der Waals surface area (Å²) in [5, 5.41) is 3.11. The highest BCUT2D eigenvalue weighted by Gasteiger charge is 2.15. The predicted molar refractivity (Wildman–Crippen MR) is 111 cm³/mol. The Bertz CT molecular complexity index is 574. The molecule has 1 heterocycles. The maximum atomic E-state index is 11.9. The van der Waals surface area contributed by atoms with Gasteiger partial charge in [0.15, 0.2) is 5.96 Å². The molecule has 1 aliphatic heterocycles. The number of nitrogens with two attached hydrogens (primary N) is 1. The molecule has 2 rings (SSSR count). The number of guanidine groups is 1. The van der Waals surface area contributed by atoms with Gasteiger partial charge in [-0.3, -0.25) is 9.79 Å². The van der Waals surface area contributed by atoms with Gasteiger partial charge in [-0.1, -0.05) is 12.5 Å². The van der Waals surface area contributed by atoms with E-state index in [-0.39, 0.29) is 29.9 Å². The van der Waals surface area contributed by atoms with Crippen LogP contribution in [0.3, 0.4) is 0 Å². The first-order chi connectivity index (χ1) is 11.1. The van der Waals surface area contributed by atoms with Crippen molar-refractivity contribution in [3.05, 3.63) is 29.3 Å². The summed E-state index contributed by atoms with van der Waals surface area (Å²) in [5.74, 6) is 0.711. The third-order valence-electron chi connectivity index (χ3n) is 4.32. The van der Waals surface area contributed by atoms with Crippen molar-refractivity contribution >= 4 is 41.5 Å². The number of nitrogens with one attached hydrogen (secondary N) is 1. The van der Waals surface area contributed by atoms with E-state index in [4.69, 9.17) is 5.73 Å². The van der Waals surface area contributed by atoms with Gasteiger partial charge in [0.25, 0.3) is 0 Å². The summed E-state index contributed by atoms with van der Waals surface area (Å²) in [4.78, 5) is 18.2. The van der Waals surface area contributed by atoms with E-state index < -0.39 is 0 Å². The number of benzene rings is 1. The molecule has 0 saturated carbocycles. The lowest BCUT2D eigenvalue weighted by Gasteiger charge is -2.19. The zero-order valence-corrected chi connectivity index (χ0v) is 17.0. The lowest BCUT2D eigenvalue weighted by Crippen LogP contribution is -2.31. The lowest BCUT2D eigenvalue weighted by molar-refractivity contribution is -0.130. The van der Waals surface area contributed by atoms with Crippen LogP contribution in [0.4, 0.5) is 5.69 Å². The van der Waals surface area contributed by atoms with Crippen molar-refractivity contribution in [2.45, 2.75) is 46.0 Å². The molecular formula is C18H29IN4O. The van der Waals surface area contributed by atoms with Gasteiger partial charge < -0.3 is 16.0 Å². The summed E-state index contributed by atoms with van der Waals surface area (Å²) in [6, 6.07) is 6.13. The van der Waals surface area contributed by atoms with E-state index in [1.165, 1.54) is 11.1 Å². The second-order valence-corrected chi connectivity index (χ2v) is 6.24. The molecule has 1 amide bonds. The normalized spacial score (nSPS) is 15.7. The van der Waals surface area contributed by atoms with Gasteiger partial charge in [-0.2, -0.15) is 0 Å². The molecular weight excluding hydrogens is 415 g/mol. The third-order valence-corrected chi connectivity index (χ3v) is 4.32. The molecule has 0 unspecified atom stereocenters. The van der Waals surface area contributed by atoms with Gasteiger partial charge in [0, 0.05) is 31.7 Å². The first-order valence-electron chi connectivity index (χ1n) is 8.48. The molecule has 0 aliphatic carbocycles. The number of rotatable bonds is 5. The first kappa shape index (κ1) is 20.7.